The number of aromatic nitrogens is 1. The number of hydrogen-bond acceptors (Lipinski definition) is 3. The van der Waals surface area contributed by atoms with Crippen molar-refractivity contribution in [1.82, 2.24) is 9.88 Å². The van der Waals surface area contributed by atoms with Gasteiger partial charge in [0, 0.05) is 11.1 Å². The van der Waals surface area contributed by atoms with Gasteiger partial charge in [-0.25, -0.2) is 13.8 Å². The first-order valence-corrected chi connectivity index (χ1v) is 8.15. The van der Waals surface area contributed by atoms with Crippen molar-refractivity contribution in [3.8, 4) is 21.7 Å². The summed E-state index contributed by atoms with van der Waals surface area (Å²) >= 11 is 1.35. The topological polar surface area (TPSA) is 16.1 Å². The van der Waals surface area contributed by atoms with Crippen molar-refractivity contribution >= 4 is 11.3 Å². The van der Waals surface area contributed by atoms with E-state index < -0.39 is 11.6 Å². The molecule has 3 aromatic rings. The van der Waals surface area contributed by atoms with E-state index in [1.165, 1.54) is 17.4 Å². The van der Waals surface area contributed by atoms with Crippen molar-refractivity contribution in [2.45, 2.75) is 6.04 Å². The molecule has 23 heavy (non-hydrogen) atoms. The molecule has 2 aromatic carbocycles. The molecule has 1 aliphatic rings. The molecule has 0 bridgehead atoms. The number of hydrogen-bond donors (Lipinski definition) is 0. The van der Waals surface area contributed by atoms with E-state index in [1.807, 2.05) is 43.3 Å². The Balaban J connectivity index is 2.17. The number of halogens is 2. The lowest BCUT2D eigenvalue weighted by Gasteiger charge is -2.27. The highest BCUT2D eigenvalue weighted by atomic mass is 32.1. The minimum atomic E-state index is -0.827. The molecule has 1 aromatic heterocycles. The van der Waals surface area contributed by atoms with Crippen LogP contribution in [0.4, 0.5) is 8.78 Å². The number of nitrogens with zero attached hydrogens (tertiary/aromatic N) is 2. The molecule has 1 atom stereocenters. The van der Waals surface area contributed by atoms with Gasteiger partial charge in [-0.2, -0.15) is 0 Å². The lowest BCUT2D eigenvalue weighted by atomic mass is 9.93. The summed E-state index contributed by atoms with van der Waals surface area (Å²) in [6.45, 7) is 0. The number of thiazole rings is 1. The van der Waals surface area contributed by atoms with Crippen molar-refractivity contribution in [1.29, 1.82) is 0 Å². The maximum absolute atomic E-state index is 14.7. The zero-order valence-corrected chi connectivity index (χ0v) is 13.5. The van der Waals surface area contributed by atoms with Crippen LogP contribution in [0.3, 0.4) is 0 Å². The molecule has 1 heterocycles. The molecule has 4 rings (SSSR count). The van der Waals surface area contributed by atoms with E-state index >= 15 is 0 Å². The van der Waals surface area contributed by atoms with Crippen LogP contribution in [-0.4, -0.2) is 24.0 Å². The van der Waals surface area contributed by atoms with E-state index in [-0.39, 0.29) is 6.04 Å². The van der Waals surface area contributed by atoms with Crippen molar-refractivity contribution in [3.63, 3.8) is 0 Å². The van der Waals surface area contributed by atoms with E-state index in [2.05, 4.69) is 4.98 Å². The first kappa shape index (κ1) is 14.5. The molecule has 1 aliphatic carbocycles. The number of fused-ring (bicyclic) bond motifs is 5. The van der Waals surface area contributed by atoms with Gasteiger partial charge in [-0.3, -0.25) is 4.90 Å². The van der Waals surface area contributed by atoms with Crippen LogP contribution >= 0.6 is 11.3 Å². The Kier molecular flexibility index (Phi) is 3.28. The van der Waals surface area contributed by atoms with Gasteiger partial charge < -0.3 is 0 Å². The molecule has 0 spiro atoms. The Morgan fingerprint density at radius 1 is 1.04 bits per heavy atom. The van der Waals surface area contributed by atoms with Gasteiger partial charge in [-0.15, -0.1) is 11.3 Å². The van der Waals surface area contributed by atoms with E-state index in [0.29, 0.717) is 10.4 Å². The summed E-state index contributed by atoms with van der Waals surface area (Å²) in [5, 5.41) is 0. The Morgan fingerprint density at radius 3 is 2.61 bits per heavy atom. The normalized spacial score (nSPS) is 15.8. The summed E-state index contributed by atoms with van der Waals surface area (Å²) < 4.78 is 28.6. The van der Waals surface area contributed by atoms with Gasteiger partial charge in [0.25, 0.3) is 0 Å². The second-order valence-corrected chi connectivity index (χ2v) is 6.66. The van der Waals surface area contributed by atoms with Gasteiger partial charge >= 0.3 is 0 Å². The van der Waals surface area contributed by atoms with Gasteiger partial charge in [-0.1, -0.05) is 30.3 Å². The molecule has 0 amide bonds. The largest absolute Gasteiger partial charge is 0.299 e. The average Bonchev–Trinajstić information content (AvgIpc) is 2.96. The van der Waals surface area contributed by atoms with Crippen LogP contribution < -0.4 is 0 Å². The van der Waals surface area contributed by atoms with Crippen LogP contribution in [-0.2, 0) is 0 Å². The fourth-order valence-corrected chi connectivity index (χ4v) is 4.18. The quantitative estimate of drug-likeness (QED) is 0.642. The van der Waals surface area contributed by atoms with Crippen molar-refractivity contribution in [2.75, 3.05) is 14.1 Å². The lowest BCUT2D eigenvalue weighted by molar-refractivity contribution is 0.342. The monoisotopic (exact) mass is 328 g/mol. The first-order valence-electron chi connectivity index (χ1n) is 7.27. The fourth-order valence-electron chi connectivity index (χ4n) is 3.31. The van der Waals surface area contributed by atoms with Crippen molar-refractivity contribution < 1.29 is 8.78 Å². The number of benzene rings is 2. The second-order valence-electron chi connectivity index (χ2n) is 5.81. The Morgan fingerprint density at radius 2 is 1.83 bits per heavy atom. The number of rotatable bonds is 1. The Hall–Kier alpha value is -2.11. The van der Waals surface area contributed by atoms with Gasteiger partial charge in [0.15, 0.2) is 11.6 Å². The van der Waals surface area contributed by atoms with Crippen LogP contribution in [0.5, 0.6) is 0 Å². The van der Waals surface area contributed by atoms with Crippen LogP contribution in [0.2, 0.25) is 0 Å². The first-order chi connectivity index (χ1) is 11.1. The van der Waals surface area contributed by atoms with Crippen molar-refractivity contribution in [3.05, 3.63) is 64.7 Å². The molecular weight excluding hydrogens is 314 g/mol. The molecule has 2 nitrogen and oxygen atoms in total. The highest BCUT2D eigenvalue weighted by molar-refractivity contribution is 7.13. The highest BCUT2D eigenvalue weighted by Crippen LogP contribution is 2.48. The third-order valence-corrected chi connectivity index (χ3v) is 5.09. The summed E-state index contributed by atoms with van der Waals surface area (Å²) in [6, 6.07) is 10.7. The zero-order chi connectivity index (χ0) is 16.1. The van der Waals surface area contributed by atoms with E-state index in [1.54, 1.807) is 11.6 Å². The fraction of sp³-hybridized carbons (Fsp3) is 0.167. The maximum atomic E-state index is 14.7. The van der Waals surface area contributed by atoms with Crippen LogP contribution in [0.15, 0.2) is 41.9 Å². The molecule has 0 radical (unpaired) electrons. The average molecular weight is 328 g/mol. The molecule has 5 heteroatoms. The maximum Gasteiger partial charge on any atom is 0.167 e. The molecule has 0 saturated carbocycles. The van der Waals surface area contributed by atoms with Gasteiger partial charge in [0.1, 0.15) is 0 Å². The zero-order valence-electron chi connectivity index (χ0n) is 12.7. The van der Waals surface area contributed by atoms with Crippen molar-refractivity contribution in [2.24, 2.45) is 0 Å². The van der Waals surface area contributed by atoms with Crippen LogP contribution in [0.25, 0.3) is 21.7 Å². The summed E-state index contributed by atoms with van der Waals surface area (Å²) in [5.41, 5.74) is 5.53. The molecule has 0 fully saturated rings. The van der Waals surface area contributed by atoms with E-state index in [4.69, 9.17) is 0 Å². The molecule has 0 aliphatic heterocycles. The summed E-state index contributed by atoms with van der Waals surface area (Å²) in [6.07, 6.45) is 0. The van der Waals surface area contributed by atoms with Gasteiger partial charge in [-0.05, 0) is 31.3 Å². The van der Waals surface area contributed by atoms with Crippen LogP contribution in [0.1, 0.15) is 17.2 Å². The second kappa shape index (κ2) is 5.22. The molecule has 0 N–H and O–H groups in total. The summed E-state index contributed by atoms with van der Waals surface area (Å²) in [5.74, 6) is -1.63. The van der Waals surface area contributed by atoms with E-state index in [0.717, 1.165) is 22.4 Å². The molecule has 0 saturated heterocycles. The minimum Gasteiger partial charge on any atom is -0.299 e. The third kappa shape index (κ3) is 2.04. The Labute approximate surface area is 137 Å². The predicted octanol–water partition coefficient (Wildman–Crippen LogP) is 4.72. The lowest BCUT2D eigenvalue weighted by Crippen LogP contribution is -2.22. The highest BCUT2D eigenvalue weighted by Gasteiger charge is 2.32. The standard InChI is InChI=1S/C18H14F2N2S/c1-22(2)17-11-6-4-3-5-10(11)16-18(23-9-21-16)14-12(17)7-8-13(19)15(14)20/h3-9,17H,1-2H3. The summed E-state index contributed by atoms with van der Waals surface area (Å²) in [4.78, 5) is 7.14. The van der Waals surface area contributed by atoms with Crippen LogP contribution in [0, 0.1) is 11.6 Å². The molecular formula is C18H14F2N2S. The third-order valence-electron chi connectivity index (χ3n) is 4.24. The molecule has 116 valence electrons. The predicted molar refractivity (Wildman–Crippen MR) is 88.4 cm³/mol. The molecule has 1 unspecified atom stereocenters. The Bertz CT molecular complexity index is 902. The van der Waals surface area contributed by atoms with Gasteiger partial charge in [0.2, 0.25) is 0 Å². The SMILES string of the molecule is CN(C)C1c2ccccc2-c2ncsc2-c2c1ccc(F)c2F. The summed E-state index contributed by atoms with van der Waals surface area (Å²) in [7, 11) is 3.89. The van der Waals surface area contributed by atoms with Gasteiger partial charge in [0.05, 0.1) is 22.1 Å². The minimum absolute atomic E-state index is 0.155. The smallest absolute Gasteiger partial charge is 0.167 e. The van der Waals surface area contributed by atoms with E-state index in [9.17, 15) is 8.78 Å².